The molecule has 1 heterocycles. The first kappa shape index (κ1) is 17.9. The van der Waals surface area contributed by atoms with E-state index >= 15 is 0 Å². The average Bonchev–Trinajstić information content (AvgIpc) is 2.66. The van der Waals surface area contributed by atoms with E-state index in [4.69, 9.17) is 10.8 Å². The van der Waals surface area contributed by atoms with Gasteiger partial charge in [0, 0.05) is 17.1 Å². The van der Waals surface area contributed by atoms with E-state index in [1.807, 2.05) is 0 Å². The largest absolute Gasteiger partial charge is 0.481 e. The molecule has 1 amide bonds. The summed E-state index contributed by atoms with van der Waals surface area (Å²) >= 11 is 2.52. The minimum Gasteiger partial charge on any atom is -0.481 e. The maximum absolute atomic E-state index is 11.6. The summed E-state index contributed by atoms with van der Waals surface area (Å²) in [6.45, 7) is 1.72. The number of hydrogen-bond donors (Lipinski definition) is 2. The fourth-order valence-corrected chi connectivity index (χ4v) is 5.39. The summed E-state index contributed by atoms with van der Waals surface area (Å²) in [4.78, 5) is 26.1. The number of carboxylic acid groups (broad SMARTS) is 1. The number of aromatic nitrogens is 1. The lowest BCUT2D eigenvalue weighted by Gasteiger charge is -2.01. The first-order chi connectivity index (χ1) is 9.69. The topological polar surface area (TPSA) is 127 Å². The average molecular weight is 352 g/mol. The van der Waals surface area contributed by atoms with Gasteiger partial charge in [-0.2, -0.15) is 0 Å². The highest BCUT2D eigenvalue weighted by Gasteiger charge is 2.15. The molecule has 0 spiro atoms. The summed E-state index contributed by atoms with van der Waals surface area (Å²) in [7, 11) is -3.31. The van der Waals surface area contributed by atoms with Crippen LogP contribution in [-0.4, -0.2) is 47.6 Å². The maximum Gasteiger partial charge on any atom is 0.308 e. The zero-order chi connectivity index (χ0) is 16.0. The molecule has 0 aliphatic rings. The van der Waals surface area contributed by atoms with Gasteiger partial charge in [-0.3, -0.25) is 9.59 Å². The zero-order valence-corrected chi connectivity index (χ0v) is 13.8. The molecule has 1 aromatic rings. The number of thiazole rings is 1. The molecular formula is C11H16N2O5S3. The molecule has 7 nitrogen and oxygen atoms in total. The molecule has 21 heavy (non-hydrogen) atoms. The van der Waals surface area contributed by atoms with Crippen molar-refractivity contribution in [1.29, 1.82) is 0 Å². The lowest BCUT2D eigenvalue weighted by atomic mass is 10.3. The van der Waals surface area contributed by atoms with Crippen molar-refractivity contribution in [3.05, 3.63) is 10.6 Å². The monoisotopic (exact) mass is 352 g/mol. The highest BCUT2D eigenvalue weighted by Crippen LogP contribution is 2.27. The van der Waals surface area contributed by atoms with Crippen LogP contribution in [0, 0.1) is 6.92 Å². The first-order valence-electron chi connectivity index (χ1n) is 5.99. The third-order valence-corrected chi connectivity index (χ3v) is 6.68. The Bertz CT molecular complexity index is 624. The number of carbonyl (C=O) groups is 2. The Morgan fingerprint density at radius 3 is 2.62 bits per heavy atom. The SMILES string of the molecule is Cc1nc(SCCS(=O)(=O)CCC(N)=O)sc1CC(=O)O. The number of carbonyl (C=O) groups excluding carboxylic acids is 1. The zero-order valence-electron chi connectivity index (χ0n) is 11.4. The van der Waals surface area contributed by atoms with Gasteiger partial charge in [0.1, 0.15) is 4.34 Å². The smallest absolute Gasteiger partial charge is 0.308 e. The number of rotatable bonds is 9. The summed E-state index contributed by atoms with van der Waals surface area (Å²) in [5.74, 6) is -1.57. The highest BCUT2D eigenvalue weighted by atomic mass is 32.2. The van der Waals surface area contributed by atoms with Crippen LogP contribution in [0.3, 0.4) is 0 Å². The fourth-order valence-electron chi connectivity index (χ4n) is 1.38. The first-order valence-corrected chi connectivity index (χ1v) is 9.61. The van der Waals surface area contributed by atoms with E-state index in [9.17, 15) is 18.0 Å². The number of thioether (sulfide) groups is 1. The Kier molecular flexibility index (Phi) is 6.62. The van der Waals surface area contributed by atoms with Crippen LogP contribution >= 0.6 is 23.1 Å². The Hall–Kier alpha value is -1.13. The van der Waals surface area contributed by atoms with Crippen LogP contribution in [-0.2, 0) is 25.8 Å². The predicted molar refractivity (Wildman–Crippen MR) is 81.4 cm³/mol. The molecule has 0 radical (unpaired) electrons. The van der Waals surface area contributed by atoms with E-state index in [0.29, 0.717) is 20.7 Å². The van der Waals surface area contributed by atoms with Gasteiger partial charge >= 0.3 is 5.97 Å². The number of hydrogen-bond acceptors (Lipinski definition) is 7. The molecule has 0 bridgehead atoms. The van der Waals surface area contributed by atoms with Gasteiger partial charge in [0.2, 0.25) is 5.91 Å². The van der Waals surface area contributed by atoms with Gasteiger partial charge in [-0.05, 0) is 6.92 Å². The van der Waals surface area contributed by atoms with Gasteiger partial charge in [-0.15, -0.1) is 11.3 Å². The van der Waals surface area contributed by atoms with Gasteiger partial charge < -0.3 is 10.8 Å². The molecule has 1 aromatic heterocycles. The molecule has 3 N–H and O–H groups in total. The van der Waals surface area contributed by atoms with Crippen LogP contribution in [0.2, 0.25) is 0 Å². The van der Waals surface area contributed by atoms with Gasteiger partial charge in [-0.25, -0.2) is 13.4 Å². The Balaban J connectivity index is 2.49. The molecule has 0 aliphatic heterocycles. The van der Waals surface area contributed by atoms with Crippen LogP contribution < -0.4 is 5.73 Å². The number of aryl methyl sites for hydroxylation is 1. The van der Waals surface area contributed by atoms with E-state index in [2.05, 4.69) is 4.98 Å². The van der Waals surface area contributed by atoms with Gasteiger partial charge in [-0.1, -0.05) is 11.8 Å². The number of carboxylic acids is 1. The second-order valence-electron chi connectivity index (χ2n) is 4.28. The summed E-state index contributed by atoms with van der Waals surface area (Å²) in [6, 6.07) is 0. The van der Waals surface area contributed by atoms with E-state index in [1.54, 1.807) is 6.92 Å². The van der Waals surface area contributed by atoms with Crippen molar-refractivity contribution < 1.29 is 23.1 Å². The minimum absolute atomic E-state index is 0.0716. The van der Waals surface area contributed by atoms with Crippen molar-refractivity contribution in [2.24, 2.45) is 5.73 Å². The van der Waals surface area contributed by atoms with Crippen molar-refractivity contribution in [2.45, 2.75) is 24.1 Å². The second-order valence-corrected chi connectivity index (χ2v) is 9.00. The molecule has 0 atom stereocenters. The second kappa shape index (κ2) is 7.76. The maximum atomic E-state index is 11.6. The van der Waals surface area contributed by atoms with Crippen molar-refractivity contribution in [3.8, 4) is 0 Å². The Labute approximate surface area is 130 Å². The Morgan fingerprint density at radius 1 is 1.38 bits per heavy atom. The standard InChI is InChI=1S/C11H16N2O5S3/c1-7-8(6-10(15)16)20-11(13-7)19-3-5-21(17,18)4-2-9(12)14/h2-6H2,1H3,(H2,12,14)(H,15,16). The van der Waals surface area contributed by atoms with Crippen molar-refractivity contribution >= 4 is 44.8 Å². The predicted octanol–water partition coefficient (Wildman–Crippen LogP) is 0.461. The number of amides is 1. The molecule has 0 fully saturated rings. The molecule has 0 saturated carbocycles. The highest BCUT2D eigenvalue weighted by molar-refractivity contribution is 8.02. The van der Waals surface area contributed by atoms with Gasteiger partial charge in [0.15, 0.2) is 9.84 Å². The molecule has 10 heteroatoms. The summed E-state index contributed by atoms with van der Waals surface area (Å²) in [6.07, 6.45) is -0.257. The number of aliphatic carboxylic acids is 1. The van der Waals surface area contributed by atoms with Crippen LogP contribution in [0.25, 0.3) is 0 Å². The van der Waals surface area contributed by atoms with Crippen molar-refractivity contribution in [2.75, 3.05) is 17.3 Å². The molecule has 0 unspecified atom stereocenters. The van der Waals surface area contributed by atoms with Crippen molar-refractivity contribution in [1.82, 2.24) is 4.98 Å². The van der Waals surface area contributed by atoms with E-state index in [-0.39, 0.29) is 24.3 Å². The van der Waals surface area contributed by atoms with Gasteiger partial charge in [0.05, 0.1) is 23.6 Å². The van der Waals surface area contributed by atoms with Gasteiger partial charge in [0.25, 0.3) is 0 Å². The summed E-state index contributed by atoms with van der Waals surface area (Å²) < 4.78 is 23.9. The van der Waals surface area contributed by atoms with Crippen LogP contribution in [0.1, 0.15) is 17.0 Å². The number of nitrogens with two attached hydrogens (primary N) is 1. The van der Waals surface area contributed by atoms with Crippen LogP contribution in [0.4, 0.5) is 0 Å². The lowest BCUT2D eigenvalue weighted by molar-refractivity contribution is -0.136. The molecule has 0 aliphatic carbocycles. The summed E-state index contributed by atoms with van der Waals surface area (Å²) in [5.41, 5.74) is 5.57. The number of nitrogens with zero attached hydrogens (tertiary/aromatic N) is 1. The lowest BCUT2D eigenvalue weighted by Crippen LogP contribution is -2.19. The normalized spacial score (nSPS) is 11.5. The van der Waals surface area contributed by atoms with Crippen LogP contribution in [0.15, 0.2) is 4.34 Å². The number of sulfone groups is 1. The summed E-state index contributed by atoms with van der Waals surface area (Å²) in [5, 5.41) is 8.74. The quantitative estimate of drug-likeness (QED) is 0.618. The molecule has 0 aromatic carbocycles. The van der Waals surface area contributed by atoms with E-state index in [1.165, 1.54) is 23.1 Å². The third-order valence-electron chi connectivity index (χ3n) is 2.46. The molecule has 0 saturated heterocycles. The molecule has 118 valence electrons. The minimum atomic E-state index is -3.31. The van der Waals surface area contributed by atoms with Crippen molar-refractivity contribution in [3.63, 3.8) is 0 Å². The molecular weight excluding hydrogens is 336 g/mol. The van der Waals surface area contributed by atoms with Crippen LogP contribution in [0.5, 0.6) is 0 Å². The van der Waals surface area contributed by atoms with E-state index in [0.717, 1.165) is 0 Å². The fraction of sp³-hybridized carbons (Fsp3) is 0.545. The molecule has 1 rings (SSSR count). The third kappa shape index (κ3) is 6.91. The number of primary amides is 1. The van der Waals surface area contributed by atoms with E-state index < -0.39 is 21.7 Å². The Morgan fingerprint density at radius 2 is 2.05 bits per heavy atom.